The quantitative estimate of drug-likeness (QED) is 0.721. The summed E-state index contributed by atoms with van der Waals surface area (Å²) in [7, 11) is 0. The van der Waals surface area contributed by atoms with Gasteiger partial charge in [0.2, 0.25) is 0 Å². The molecule has 1 aliphatic rings. The van der Waals surface area contributed by atoms with Gasteiger partial charge in [-0.2, -0.15) is 11.3 Å². The molecule has 1 aromatic rings. The van der Waals surface area contributed by atoms with E-state index in [-0.39, 0.29) is 11.2 Å². The number of rotatable bonds is 3. The van der Waals surface area contributed by atoms with Crippen LogP contribution < -0.4 is 5.73 Å². The monoisotopic (exact) mass is 181 g/mol. The molecular formula is C9H11NOS. The van der Waals surface area contributed by atoms with E-state index in [4.69, 9.17) is 5.73 Å². The van der Waals surface area contributed by atoms with Crippen LogP contribution in [0.4, 0.5) is 0 Å². The summed E-state index contributed by atoms with van der Waals surface area (Å²) in [5.74, 6) is 0.242. The van der Waals surface area contributed by atoms with Gasteiger partial charge in [-0.15, -0.1) is 0 Å². The van der Waals surface area contributed by atoms with E-state index in [9.17, 15) is 4.79 Å². The molecule has 1 aromatic heterocycles. The van der Waals surface area contributed by atoms with Crippen LogP contribution in [0.5, 0.6) is 0 Å². The molecule has 1 heterocycles. The van der Waals surface area contributed by atoms with Crippen LogP contribution in [0.1, 0.15) is 23.2 Å². The third-order valence-corrected chi connectivity index (χ3v) is 3.19. The van der Waals surface area contributed by atoms with Crippen molar-refractivity contribution >= 4 is 17.1 Å². The maximum Gasteiger partial charge on any atom is 0.171 e. The summed E-state index contributed by atoms with van der Waals surface area (Å²) in [4.78, 5) is 11.7. The largest absolute Gasteiger partial charge is 0.329 e. The average molecular weight is 181 g/mol. The summed E-state index contributed by atoms with van der Waals surface area (Å²) >= 11 is 1.56. The lowest BCUT2D eigenvalue weighted by atomic mass is 9.97. The minimum atomic E-state index is -0.179. The van der Waals surface area contributed by atoms with E-state index in [1.807, 2.05) is 16.8 Å². The fraction of sp³-hybridized carbons (Fsp3) is 0.444. The number of carbonyl (C=O) groups excluding carboxylic acids is 1. The maximum atomic E-state index is 11.7. The molecule has 0 unspecified atom stereocenters. The van der Waals surface area contributed by atoms with Gasteiger partial charge in [-0.1, -0.05) is 0 Å². The lowest BCUT2D eigenvalue weighted by Crippen LogP contribution is -2.24. The Morgan fingerprint density at radius 1 is 1.67 bits per heavy atom. The van der Waals surface area contributed by atoms with E-state index in [2.05, 4.69) is 0 Å². The highest BCUT2D eigenvalue weighted by molar-refractivity contribution is 7.08. The van der Waals surface area contributed by atoms with E-state index in [0.29, 0.717) is 6.54 Å². The van der Waals surface area contributed by atoms with Crippen molar-refractivity contribution in [3.05, 3.63) is 22.4 Å². The maximum absolute atomic E-state index is 11.7. The van der Waals surface area contributed by atoms with Crippen molar-refractivity contribution < 1.29 is 4.79 Å². The van der Waals surface area contributed by atoms with Crippen LogP contribution in [0.2, 0.25) is 0 Å². The van der Waals surface area contributed by atoms with Crippen molar-refractivity contribution in [3.8, 4) is 0 Å². The van der Waals surface area contributed by atoms with Crippen molar-refractivity contribution in [1.29, 1.82) is 0 Å². The minimum Gasteiger partial charge on any atom is -0.329 e. The van der Waals surface area contributed by atoms with Crippen molar-refractivity contribution in [2.75, 3.05) is 6.54 Å². The zero-order valence-electron chi connectivity index (χ0n) is 6.75. The number of nitrogens with two attached hydrogens (primary N) is 1. The van der Waals surface area contributed by atoms with Gasteiger partial charge in [0.25, 0.3) is 0 Å². The molecule has 0 spiro atoms. The summed E-state index contributed by atoms with van der Waals surface area (Å²) in [6, 6.07) is 1.88. The Kier molecular flexibility index (Phi) is 1.77. The number of ketones is 1. The molecule has 2 nitrogen and oxygen atoms in total. The molecule has 0 aliphatic heterocycles. The molecular weight excluding hydrogens is 170 g/mol. The van der Waals surface area contributed by atoms with Gasteiger partial charge in [-0.05, 0) is 24.3 Å². The Morgan fingerprint density at radius 3 is 2.83 bits per heavy atom. The van der Waals surface area contributed by atoms with Crippen LogP contribution in [0.25, 0.3) is 0 Å². The van der Waals surface area contributed by atoms with Gasteiger partial charge >= 0.3 is 0 Å². The predicted molar refractivity (Wildman–Crippen MR) is 49.4 cm³/mol. The molecule has 12 heavy (non-hydrogen) atoms. The second kappa shape index (κ2) is 2.68. The molecule has 2 rings (SSSR count). The Balaban J connectivity index is 2.21. The Morgan fingerprint density at radius 2 is 2.42 bits per heavy atom. The van der Waals surface area contributed by atoms with Crippen LogP contribution in [0.15, 0.2) is 16.8 Å². The fourth-order valence-electron chi connectivity index (χ4n) is 1.37. The Hall–Kier alpha value is -0.670. The van der Waals surface area contributed by atoms with Gasteiger partial charge in [0.1, 0.15) is 0 Å². The number of Topliss-reactive ketones (excluding diaryl/α,β-unsaturated/α-hetero) is 1. The highest BCUT2D eigenvalue weighted by atomic mass is 32.1. The predicted octanol–water partition coefficient (Wildman–Crippen LogP) is 1.67. The molecule has 2 N–H and O–H groups in total. The summed E-state index contributed by atoms with van der Waals surface area (Å²) in [6.07, 6.45) is 1.94. The summed E-state index contributed by atoms with van der Waals surface area (Å²) in [6.45, 7) is 0.502. The van der Waals surface area contributed by atoms with Crippen molar-refractivity contribution in [1.82, 2.24) is 0 Å². The number of hydrogen-bond donors (Lipinski definition) is 1. The highest BCUT2D eigenvalue weighted by Crippen LogP contribution is 2.47. The lowest BCUT2D eigenvalue weighted by Gasteiger charge is -2.08. The zero-order chi connectivity index (χ0) is 8.60. The molecule has 1 fully saturated rings. The molecule has 1 aliphatic carbocycles. The van der Waals surface area contributed by atoms with Crippen molar-refractivity contribution in [3.63, 3.8) is 0 Å². The van der Waals surface area contributed by atoms with E-state index in [1.165, 1.54) is 0 Å². The SMILES string of the molecule is NCC1(C(=O)c2ccsc2)CC1. The summed E-state index contributed by atoms with van der Waals surface area (Å²) < 4.78 is 0. The molecule has 0 saturated heterocycles. The topological polar surface area (TPSA) is 43.1 Å². The van der Waals surface area contributed by atoms with Gasteiger partial charge in [0.05, 0.1) is 0 Å². The normalized spacial score (nSPS) is 19.1. The molecule has 0 atom stereocenters. The molecule has 64 valence electrons. The van der Waals surface area contributed by atoms with Crippen LogP contribution in [-0.4, -0.2) is 12.3 Å². The van der Waals surface area contributed by atoms with Gasteiger partial charge in [-0.3, -0.25) is 4.79 Å². The first-order chi connectivity index (χ1) is 5.78. The standard InChI is InChI=1S/C9H11NOS/c10-6-9(2-3-9)8(11)7-1-4-12-5-7/h1,4-5H,2-3,6,10H2. The number of carbonyl (C=O) groups is 1. The van der Waals surface area contributed by atoms with Crippen LogP contribution in [-0.2, 0) is 0 Å². The second-order valence-corrected chi connectivity index (χ2v) is 4.11. The average Bonchev–Trinajstić information content (AvgIpc) is 2.71. The Bertz CT molecular complexity index is 287. The molecule has 0 aromatic carbocycles. The number of thiophene rings is 1. The lowest BCUT2D eigenvalue weighted by molar-refractivity contribution is 0.0906. The first-order valence-electron chi connectivity index (χ1n) is 4.06. The summed E-state index contributed by atoms with van der Waals surface area (Å²) in [5.41, 5.74) is 6.21. The first kappa shape index (κ1) is 7.95. The van der Waals surface area contributed by atoms with Gasteiger partial charge in [-0.25, -0.2) is 0 Å². The fourth-order valence-corrected chi connectivity index (χ4v) is 2.01. The van der Waals surface area contributed by atoms with Crippen LogP contribution in [0, 0.1) is 5.41 Å². The van der Waals surface area contributed by atoms with Crippen molar-refractivity contribution in [2.24, 2.45) is 11.1 Å². The van der Waals surface area contributed by atoms with Crippen LogP contribution in [0.3, 0.4) is 0 Å². The molecule has 0 amide bonds. The van der Waals surface area contributed by atoms with Crippen LogP contribution >= 0.6 is 11.3 Å². The smallest absolute Gasteiger partial charge is 0.171 e. The minimum absolute atomic E-state index is 0.179. The van der Waals surface area contributed by atoms with Crippen molar-refractivity contribution in [2.45, 2.75) is 12.8 Å². The molecule has 0 radical (unpaired) electrons. The molecule has 1 saturated carbocycles. The van der Waals surface area contributed by atoms with E-state index in [0.717, 1.165) is 18.4 Å². The third-order valence-electron chi connectivity index (χ3n) is 2.51. The van der Waals surface area contributed by atoms with E-state index in [1.54, 1.807) is 11.3 Å². The molecule has 3 heteroatoms. The van der Waals surface area contributed by atoms with Gasteiger partial charge in [0, 0.05) is 22.9 Å². The third kappa shape index (κ3) is 1.09. The van der Waals surface area contributed by atoms with E-state index < -0.39 is 0 Å². The zero-order valence-corrected chi connectivity index (χ0v) is 7.56. The van der Waals surface area contributed by atoms with E-state index >= 15 is 0 Å². The molecule has 0 bridgehead atoms. The van der Waals surface area contributed by atoms with Gasteiger partial charge < -0.3 is 5.73 Å². The van der Waals surface area contributed by atoms with Gasteiger partial charge in [0.15, 0.2) is 5.78 Å². The highest BCUT2D eigenvalue weighted by Gasteiger charge is 2.48. The number of hydrogen-bond acceptors (Lipinski definition) is 3. The first-order valence-corrected chi connectivity index (χ1v) is 5.00. The summed E-state index contributed by atoms with van der Waals surface area (Å²) in [5, 5.41) is 3.83. The second-order valence-electron chi connectivity index (χ2n) is 3.33. The Labute approximate surface area is 75.4 Å².